The lowest BCUT2D eigenvalue weighted by Gasteiger charge is -1.99. The van der Waals surface area contributed by atoms with Gasteiger partial charge >= 0.3 is 0 Å². The fourth-order valence-electron chi connectivity index (χ4n) is 0.314. The number of rotatable bonds is 2. The molecule has 0 amide bonds. The van der Waals surface area contributed by atoms with Crippen molar-refractivity contribution in [3.05, 3.63) is 10.5 Å². The Hall–Kier alpha value is 0.130. The molecule has 0 aliphatic carbocycles. The molecule has 0 saturated carbocycles. The molecule has 0 aromatic heterocycles. The largest absolute Gasteiger partial charge is 0.290 e. The minimum Gasteiger partial charge on any atom is -0.282 e. The molecule has 1 N–H and O–H groups in total. The van der Waals surface area contributed by atoms with Crippen molar-refractivity contribution in [2.75, 3.05) is 5.33 Å². The number of halogens is 1. The molecular formula is C5H9BrO3S. The van der Waals surface area contributed by atoms with Crippen LogP contribution in [0.25, 0.3) is 0 Å². The van der Waals surface area contributed by atoms with Crippen LogP contribution in [0.15, 0.2) is 10.5 Å². The predicted molar refractivity (Wildman–Crippen MR) is 43.7 cm³/mol. The molecule has 0 unspecified atom stereocenters. The zero-order valence-electron chi connectivity index (χ0n) is 5.76. The van der Waals surface area contributed by atoms with Crippen molar-refractivity contribution in [2.45, 2.75) is 13.8 Å². The van der Waals surface area contributed by atoms with Crippen LogP contribution >= 0.6 is 15.9 Å². The van der Waals surface area contributed by atoms with Gasteiger partial charge in [-0.1, -0.05) is 15.9 Å². The van der Waals surface area contributed by atoms with Gasteiger partial charge in [0, 0.05) is 5.33 Å². The van der Waals surface area contributed by atoms with Crippen LogP contribution in [0.1, 0.15) is 13.8 Å². The number of hydrogen-bond acceptors (Lipinski definition) is 2. The van der Waals surface area contributed by atoms with Crippen molar-refractivity contribution in [3.63, 3.8) is 0 Å². The second-order valence-electron chi connectivity index (χ2n) is 1.95. The number of allylic oxidation sites excluding steroid dienone is 2. The standard InChI is InChI=1S/C5H9BrO3S/c1-4(3-6)5(2)10(7,8)9/h3H2,1-2H3,(H,7,8,9)/b5-4+. The fraction of sp³-hybridized carbons (Fsp3) is 0.600. The van der Waals surface area contributed by atoms with Gasteiger partial charge in [0.25, 0.3) is 10.1 Å². The molecular weight excluding hydrogens is 220 g/mol. The van der Waals surface area contributed by atoms with Crippen LogP contribution in [0.3, 0.4) is 0 Å². The van der Waals surface area contributed by atoms with Gasteiger partial charge in [-0.2, -0.15) is 8.42 Å². The molecule has 3 nitrogen and oxygen atoms in total. The van der Waals surface area contributed by atoms with E-state index in [2.05, 4.69) is 15.9 Å². The minimum atomic E-state index is -3.96. The molecule has 0 aromatic carbocycles. The Bertz CT molecular complexity index is 240. The lowest BCUT2D eigenvalue weighted by Crippen LogP contribution is -2.01. The van der Waals surface area contributed by atoms with Crippen LogP contribution in [0.5, 0.6) is 0 Å². The molecule has 0 bridgehead atoms. The van der Waals surface area contributed by atoms with Gasteiger partial charge in [0.1, 0.15) is 0 Å². The van der Waals surface area contributed by atoms with E-state index < -0.39 is 10.1 Å². The first-order chi connectivity index (χ1) is 4.39. The van der Waals surface area contributed by atoms with Crippen LogP contribution in [-0.4, -0.2) is 18.3 Å². The van der Waals surface area contributed by atoms with Gasteiger partial charge in [0.15, 0.2) is 0 Å². The summed E-state index contributed by atoms with van der Waals surface area (Å²) in [4.78, 5) is 0.0179. The van der Waals surface area contributed by atoms with Crippen LogP contribution in [0, 0.1) is 0 Å². The monoisotopic (exact) mass is 228 g/mol. The van der Waals surface area contributed by atoms with Crippen molar-refractivity contribution in [3.8, 4) is 0 Å². The van der Waals surface area contributed by atoms with Crippen molar-refractivity contribution in [1.29, 1.82) is 0 Å². The molecule has 0 saturated heterocycles. The summed E-state index contributed by atoms with van der Waals surface area (Å²) in [6, 6.07) is 0. The summed E-state index contributed by atoms with van der Waals surface area (Å²) in [5.41, 5.74) is 0.613. The molecule has 0 aromatic rings. The minimum absolute atomic E-state index is 0.0179. The van der Waals surface area contributed by atoms with E-state index in [1.807, 2.05) is 0 Å². The third-order valence-corrected chi connectivity index (χ3v) is 3.15. The van der Waals surface area contributed by atoms with Crippen molar-refractivity contribution in [2.24, 2.45) is 0 Å². The molecule has 0 spiro atoms. The smallest absolute Gasteiger partial charge is 0.282 e. The van der Waals surface area contributed by atoms with E-state index in [4.69, 9.17) is 4.55 Å². The highest BCUT2D eigenvalue weighted by molar-refractivity contribution is 9.09. The Morgan fingerprint density at radius 2 is 1.90 bits per heavy atom. The Morgan fingerprint density at radius 1 is 1.50 bits per heavy atom. The first-order valence-corrected chi connectivity index (χ1v) is 5.15. The van der Waals surface area contributed by atoms with Gasteiger partial charge in [-0.15, -0.1) is 0 Å². The lowest BCUT2D eigenvalue weighted by atomic mass is 10.3. The highest BCUT2D eigenvalue weighted by Crippen LogP contribution is 2.11. The molecule has 0 aliphatic heterocycles. The van der Waals surface area contributed by atoms with E-state index in [1.165, 1.54) is 6.92 Å². The van der Waals surface area contributed by atoms with Crippen molar-refractivity contribution >= 4 is 26.0 Å². The average molecular weight is 229 g/mol. The van der Waals surface area contributed by atoms with Crippen LogP contribution in [0.4, 0.5) is 0 Å². The Morgan fingerprint density at radius 3 is 2.00 bits per heavy atom. The van der Waals surface area contributed by atoms with Crippen molar-refractivity contribution in [1.82, 2.24) is 0 Å². The summed E-state index contributed by atoms with van der Waals surface area (Å²) < 4.78 is 29.3. The molecule has 0 heterocycles. The topological polar surface area (TPSA) is 54.4 Å². The maximum Gasteiger partial charge on any atom is 0.290 e. The molecule has 5 heteroatoms. The molecule has 0 atom stereocenters. The second-order valence-corrected chi connectivity index (χ2v) is 4.07. The molecule has 0 aliphatic rings. The number of alkyl halides is 1. The molecule has 10 heavy (non-hydrogen) atoms. The molecule has 0 fully saturated rings. The SMILES string of the molecule is C/C(CBr)=C(/C)S(=O)(=O)O. The molecule has 0 radical (unpaired) electrons. The third-order valence-electron chi connectivity index (χ3n) is 1.19. The summed E-state index contributed by atoms with van der Waals surface area (Å²) in [6.07, 6.45) is 0. The summed E-state index contributed by atoms with van der Waals surface area (Å²) in [7, 11) is -3.96. The van der Waals surface area contributed by atoms with E-state index >= 15 is 0 Å². The van der Waals surface area contributed by atoms with E-state index in [0.29, 0.717) is 10.9 Å². The van der Waals surface area contributed by atoms with Gasteiger partial charge in [0.2, 0.25) is 0 Å². The van der Waals surface area contributed by atoms with Crippen LogP contribution in [-0.2, 0) is 10.1 Å². The Labute approximate surface area is 69.0 Å². The van der Waals surface area contributed by atoms with Gasteiger partial charge < -0.3 is 0 Å². The first kappa shape index (κ1) is 10.1. The highest BCUT2D eigenvalue weighted by atomic mass is 79.9. The number of hydrogen-bond donors (Lipinski definition) is 1. The van der Waals surface area contributed by atoms with Crippen molar-refractivity contribution < 1.29 is 13.0 Å². The van der Waals surface area contributed by atoms with E-state index in [1.54, 1.807) is 6.92 Å². The maximum absolute atomic E-state index is 10.4. The maximum atomic E-state index is 10.4. The van der Waals surface area contributed by atoms with Crippen LogP contribution in [0.2, 0.25) is 0 Å². The quantitative estimate of drug-likeness (QED) is 0.577. The zero-order chi connectivity index (χ0) is 8.36. The van der Waals surface area contributed by atoms with Gasteiger partial charge in [-0.05, 0) is 19.4 Å². The second kappa shape index (κ2) is 3.50. The van der Waals surface area contributed by atoms with E-state index in [-0.39, 0.29) is 4.91 Å². The van der Waals surface area contributed by atoms with Crippen LogP contribution < -0.4 is 0 Å². The van der Waals surface area contributed by atoms with Gasteiger partial charge in [-0.3, -0.25) is 4.55 Å². The first-order valence-electron chi connectivity index (χ1n) is 2.59. The predicted octanol–water partition coefficient (Wildman–Crippen LogP) is 1.56. The highest BCUT2D eigenvalue weighted by Gasteiger charge is 2.09. The van der Waals surface area contributed by atoms with Gasteiger partial charge in [-0.25, -0.2) is 0 Å². The van der Waals surface area contributed by atoms with Gasteiger partial charge in [0.05, 0.1) is 4.91 Å². The zero-order valence-corrected chi connectivity index (χ0v) is 8.16. The summed E-state index contributed by atoms with van der Waals surface area (Å²) in [5.74, 6) is 0. The Kier molecular flexibility index (Phi) is 3.55. The normalized spacial score (nSPS) is 14.8. The Balaban J connectivity index is 4.84. The third kappa shape index (κ3) is 2.81. The van der Waals surface area contributed by atoms with E-state index in [9.17, 15) is 8.42 Å². The summed E-state index contributed by atoms with van der Waals surface area (Å²) >= 11 is 3.07. The summed E-state index contributed by atoms with van der Waals surface area (Å²) in [5, 5.41) is 0.457. The lowest BCUT2D eigenvalue weighted by molar-refractivity contribution is 0.490. The average Bonchev–Trinajstić information content (AvgIpc) is 1.83. The summed E-state index contributed by atoms with van der Waals surface area (Å²) in [6.45, 7) is 3.00. The molecule has 0 rings (SSSR count). The fourth-order valence-corrected chi connectivity index (χ4v) is 1.43. The molecule has 60 valence electrons. The van der Waals surface area contributed by atoms with E-state index in [0.717, 1.165) is 0 Å².